The summed E-state index contributed by atoms with van der Waals surface area (Å²) < 4.78 is 5.14. The molecule has 9 nitrogen and oxygen atoms in total. The number of hydrogen-bond acceptors (Lipinski definition) is 6. The van der Waals surface area contributed by atoms with Gasteiger partial charge in [-0.1, -0.05) is 17.7 Å². The van der Waals surface area contributed by atoms with Gasteiger partial charge in [0, 0.05) is 0 Å². The molecule has 2 heterocycles. The summed E-state index contributed by atoms with van der Waals surface area (Å²) in [7, 11) is 0. The smallest absolute Gasteiger partial charge is 0.288 e. The zero-order valence-electron chi connectivity index (χ0n) is 15.6. The summed E-state index contributed by atoms with van der Waals surface area (Å²) in [5.74, 6) is -0.661. The topological polar surface area (TPSA) is 116 Å². The van der Waals surface area contributed by atoms with Gasteiger partial charge in [-0.3, -0.25) is 24.8 Å². The van der Waals surface area contributed by atoms with Gasteiger partial charge in [0.15, 0.2) is 0 Å². The third-order valence-electron chi connectivity index (χ3n) is 4.10. The maximum absolute atomic E-state index is 12.4. The van der Waals surface area contributed by atoms with Crippen molar-refractivity contribution in [2.24, 2.45) is 4.99 Å². The molecule has 1 aromatic carbocycles. The van der Waals surface area contributed by atoms with Crippen LogP contribution in [0.15, 0.2) is 52.1 Å². The molecule has 3 amide bonds. The first-order valence-electron chi connectivity index (χ1n) is 8.75. The third-order valence-corrected chi connectivity index (χ3v) is 4.10. The van der Waals surface area contributed by atoms with Crippen molar-refractivity contribution in [1.82, 2.24) is 16.1 Å². The van der Waals surface area contributed by atoms with E-state index in [4.69, 9.17) is 4.42 Å². The van der Waals surface area contributed by atoms with Crippen LogP contribution >= 0.6 is 0 Å². The highest BCUT2D eigenvalue weighted by molar-refractivity contribution is 6.39. The van der Waals surface area contributed by atoms with Gasteiger partial charge in [-0.2, -0.15) is 0 Å². The zero-order chi connectivity index (χ0) is 20.1. The predicted octanol–water partition coefficient (Wildman–Crippen LogP) is 0.659. The van der Waals surface area contributed by atoms with Crippen molar-refractivity contribution in [2.45, 2.75) is 26.4 Å². The van der Waals surface area contributed by atoms with Crippen LogP contribution in [0.2, 0.25) is 0 Å². The lowest BCUT2D eigenvalue weighted by molar-refractivity contribution is -0.126. The van der Waals surface area contributed by atoms with Crippen LogP contribution < -0.4 is 21.1 Å². The molecule has 28 heavy (non-hydrogen) atoms. The van der Waals surface area contributed by atoms with Gasteiger partial charge in [-0.25, -0.2) is 5.01 Å². The number of benzene rings is 1. The largest absolute Gasteiger partial charge is 0.467 e. The second-order valence-corrected chi connectivity index (χ2v) is 6.33. The summed E-state index contributed by atoms with van der Waals surface area (Å²) in [4.78, 5) is 40.7. The van der Waals surface area contributed by atoms with Gasteiger partial charge in [0.05, 0.1) is 18.5 Å². The van der Waals surface area contributed by atoms with E-state index >= 15 is 0 Å². The van der Waals surface area contributed by atoms with E-state index in [9.17, 15) is 14.4 Å². The predicted molar refractivity (Wildman–Crippen MR) is 102 cm³/mol. The molecule has 9 heteroatoms. The van der Waals surface area contributed by atoms with E-state index in [0.29, 0.717) is 11.4 Å². The monoisotopic (exact) mass is 383 g/mol. The number of anilines is 1. The molecule has 0 saturated carbocycles. The molecule has 0 radical (unpaired) electrons. The average molecular weight is 383 g/mol. The Morgan fingerprint density at radius 2 is 2.04 bits per heavy atom. The van der Waals surface area contributed by atoms with Gasteiger partial charge < -0.3 is 15.1 Å². The number of amides is 3. The Kier molecular flexibility index (Phi) is 5.73. The molecular weight excluding hydrogens is 362 g/mol. The van der Waals surface area contributed by atoms with E-state index in [0.717, 1.165) is 5.56 Å². The van der Waals surface area contributed by atoms with Gasteiger partial charge in [0.25, 0.3) is 11.8 Å². The molecule has 1 aromatic heterocycles. The van der Waals surface area contributed by atoms with E-state index in [1.807, 2.05) is 19.1 Å². The number of nitrogens with one attached hydrogen (secondary N) is 3. The molecule has 0 bridgehead atoms. The Labute approximate surface area is 161 Å². The number of carbonyl (C=O) groups excluding carboxylic acids is 3. The van der Waals surface area contributed by atoms with Gasteiger partial charge in [-0.15, -0.1) is 0 Å². The van der Waals surface area contributed by atoms with Gasteiger partial charge in [0.1, 0.15) is 18.3 Å². The van der Waals surface area contributed by atoms with E-state index in [2.05, 4.69) is 21.1 Å². The summed E-state index contributed by atoms with van der Waals surface area (Å²) in [6, 6.07) is 9.93. The minimum Gasteiger partial charge on any atom is -0.467 e. The summed E-state index contributed by atoms with van der Waals surface area (Å²) in [6.07, 6.45) is 1.51. The number of carbonyl (C=O) groups is 3. The van der Waals surface area contributed by atoms with Crippen molar-refractivity contribution in [2.75, 3.05) is 11.6 Å². The minimum atomic E-state index is -0.794. The normalized spacial score (nSPS) is 14.7. The van der Waals surface area contributed by atoms with Crippen LogP contribution in [0, 0.1) is 6.92 Å². The Morgan fingerprint density at radius 1 is 1.29 bits per heavy atom. The number of aryl methyl sites for hydroxylation is 1. The van der Waals surface area contributed by atoms with Crippen molar-refractivity contribution in [3.63, 3.8) is 0 Å². The molecule has 146 valence electrons. The third kappa shape index (κ3) is 4.56. The van der Waals surface area contributed by atoms with Crippen LogP contribution in [0.5, 0.6) is 0 Å². The first-order chi connectivity index (χ1) is 13.4. The van der Waals surface area contributed by atoms with Crippen LogP contribution in [0.3, 0.4) is 0 Å². The number of rotatable bonds is 6. The lowest BCUT2D eigenvalue weighted by Gasteiger charge is -2.28. The Hall–Kier alpha value is -3.62. The van der Waals surface area contributed by atoms with Gasteiger partial charge >= 0.3 is 0 Å². The van der Waals surface area contributed by atoms with Crippen LogP contribution in [0.4, 0.5) is 5.69 Å². The fraction of sp³-hybridized carbons (Fsp3) is 0.263. The van der Waals surface area contributed by atoms with Gasteiger partial charge in [-0.05, 0) is 38.1 Å². The van der Waals surface area contributed by atoms with E-state index < -0.39 is 11.9 Å². The zero-order valence-corrected chi connectivity index (χ0v) is 15.6. The molecule has 3 rings (SSSR count). The summed E-state index contributed by atoms with van der Waals surface area (Å²) in [5, 5.41) is 6.50. The first kappa shape index (κ1) is 19.2. The summed E-state index contributed by atoms with van der Waals surface area (Å²) in [5.41, 5.74) is 4.36. The van der Waals surface area contributed by atoms with Crippen molar-refractivity contribution in [3.8, 4) is 0 Å². The number of hydrazine groups is 1. The number of aliphatic imine (C=N–C) groups is 1. The molecule has 1 aliphatic heterocycles. The summed E-state index contributed by atoms with van der Waals surface area (Å²) in [6.45, 7) is 3.55. The van der Waals surface area contributed by atoms with Crippen LogP contribution in [0.1, 0.15) is 18.2 Å². The van der Waals surface area contributed by atoms with Crippen LogP contribution in [-0.2, 0) is 20.9 Å². The highest BCUT2D eigenvalue weighted by Crippen LogP contribution is 2.15. The lowest BCUT2D eigenvalue weighted by atomic mass is 10.2. The standard InChI is InChI=1S/C19H21N5O4/c1-12-5-7-14(8-6-12)24-16(25)11-20-17(23-24)19(27)22-13(2)18(26)21-10-15-4-3-9-28-15/h3-9,13H,10-11H2,1-2H3,(H,20,23)(H,21,26)(H,22,27). The molecule has 2 aromatic rings. The fourth-order valence-electron chi connectivity index (χ4n) is 2.52. The molecule has 1 atom stereocenters. The number of hydrogen-bond donors (Lipinski definition) is 3. The SMILES string of the molecule is Cc1ccc(N2NC(C(=O)NC(C)C(=O)NCc3ccco3)=NCC2=O)cc1. The first-order valence-corrected chi connectivity index (χ1v) is 8.75. The minimum absolute atomic E-state index is 0.0362. The highest BCUT2D eigenvalue weighted by Gasteiger charge is 2.27. The van der Waals surface area contributed by atoms with Gasteiger partial charge in [0.2, 0.25) is 11.7 Å². The quantitative estimate of drug-likeness (QED) is 0.678. The Balaban J connectivity index is 1.57. The van der Waals surface area contributed by atoms with E-state index in [1.165, 1.54) is 11.3 Å². The van der Waals surface area contributed by atoms with Crippen molar-refractivity contribution in [3.05, 3.63) is 54.0 Å². The Morgan fingerprint density at radius 3 is 2.71 bits per heavy atom. The lowest BCUT2D eigenvalue weighted by Crippen LogP contribution is -2.57. The van der Waals surface area contributed by atoms with Crippen molar-refractivity contribution >= 4 is 29.2 Å². The molecule has 3 N–H and O–H groups in total. The molecule has 0 fully saturated rings. The molecule has 1 unspecified atom stereocenters. The molecule has 0 spiro atoms. The average Bonchev–Trinajstić information content (AvgIpc) is 3.20. The number of amidine groups is 1. The van der Waals surface area contributed by atoms with E-state index in [1.54, 1.807) is 31.2 Å². The highest BCUT2D eigenvalue weighted by atomic mass is 16.3. The second kappa shape index (κ2) is 8.38. The molecule has 0 saturated heterocycles. The maximum Gasteiger partial charge on any atom is 0.288 e. The second-order valence-electron chi connectivity index (χ2n) is 6.33. The molecule has 0 aliphatic carbocycles. The van der Waals surface area contributed by atoms with Crippen molar-refractivity contribution in [1.29, 1.82) is 0 Å². The van der Waals surface area contributed by atoms with Crippen LogP contribution in [0.25, 0.3) is 0 Å². The Bertz CT molecular complexity index is 890. The molecule has 1 aliphatic rings. The van der Waals surface area contributed by atoms with E-state index in [-0.39, 0.29) is 30.7 Å². The maximum atomic E-state index is 12.4. The molecular formula is C19H21N5O4. The van der Waals surface area contributed by atoms with Crippen LogP contribution in [-0.4, -0.2) is 36.1 Å². The number of furan rings is 1. The van der Waals surface area contributed by atoms with Crippen molar-refractivity contribution < 1.29 is 18.8 Å². The summed E-state index contributed by atoms with van der Waals surface area (Å²) >= 11 is 0. The fourth-order valence-corrected chi connectivity index (χ4v) is 2.52. The number of nitrogens with zero attached hydrogens (tertiary/aromatic N) is 2.